The molecule has 2 nitrogen and oxygen atoms in total. The zero-order valence-corrected chi connectivity index (χ0v) is 13.1. The molecule has 0 radical (unpaired) electrons. The summed E-state index contributed by atoms with van der Waals surface area (Å²) in [5, 5.41) is 1.84. The van der Waals surface area contributed by atoms with Crippen LogP contribution in [0.2, 0.25) is 0 Å². The van der Waals surface area contributed by atoms with Crippen LogP contribution in [0.1, 0.15) is 39.3 Å². The van der Waals surface area contributed by atoms with Crippen molar-refractivity contribution in [2.45, 2.75) is 38.5 Å². The third-order valence-electron chi connectivity index (χ3n) is 3.18. The van der Waals surface area contributed by atoms with Crippen LogP contribution in [-0.2, 0) is 11.4 Å². The Balaban J connectivity index is 2.33. The van der Waals surface area contributed by atoms with Crippen LogP contribution in [0.5, 0.6) is 0 Å². The molecule has 20 heavy (non-hydrogen) atoms. The van der Waals surface area contributed by atoms with Crippen molar-refractivity contribution in [1.82, 2.24) is 4.72 Å². The number of benzene rings is 2. The molecule has 2 rings (SSSR count). The third kappa shape index (κ3) is 3.32. The van der Waals surface area contributed by atoms with Crippen LogP contribution in [0.15, 0.2) is 36.4 Å². The number of fused-ring (bicyclic) bond motifs is 1. The normalized spacial score (nSPS) is 15.3. The van der Waals surface area contributed by atoms with E-state index >= 15 is 0 Å². The van der Waals surface area contributed by atoms with Gasteiger partial charge in [0, 0.05) is 11.4 Å². The monoisotopic (exact) mass is 293 g/mol. The van der Waals surface area contributed by atoms with E-state index in [4.69, 9.17) is 0 Å². The second kappa shape index (κ2) is 5.72. The lowest BCUT2D eigenvalue weighted by molar-refractivity contribution is 0.532. The minimum absolute atomic E-state index is 0.0655. The zero-order valence-electron chi connectivity index (χ0n) is 12.2. The molecule has 4 heteroatoms. The van der Waals surface area contributed by atoms with Gasteiger partial charge < -0.3 is 4.55 Å². The fraction of sp³-hybridized carbons (Fsp3) is 0.375. The predicted molar refractivity (Wildman–Crippen MR) is 83.4 cm³/mol. The van der Waals surface area contributed by atoms with Crippen LogP contribution in [0.25, 0.3) is 10.8 Å². The highest BCUT2D eigenvalue weighted by atomic mass is 32.2. The highest BCUT2D eigenvalue weighted by Crippen LogP contribution is 2.26. The summed E-state index contributed by atoms with van der Waals surface area (Å²) in [6.07, 6.45) is 0. The maximum absolute atomic E-state index is 13.3. The van der Waals surface area contributed by atoms with Crippen molar-refractivity contribution in [2.24, 2.45) is 0 Å². The molecule has 0 saturated carbocycles. The Bertz CT molecular complexity index is 609. The molecule has 2 atom stereocenters. The maximum Gasteiger partial charge on any atom is 0.136 e. The summed E-state index contributed by atoms with van der Waals surface area (Å²) in [4.78, 5) is 0. The predicted octanol–water partition coefficient (Wildman–Crippen LogP) is 4.09. The lowest BCUT2D eigenvalue weighted by Crippen LogP contribution is -2.40. The highest BCUT2D eigenvalue weighted by Gasteiger charge is 2.28. The van der Waals surface area contributed by atoms with Gasteiger partial charge in [0.15, 0.2) is 0 Å². The van der Waals surface area contributed by atoms with Crippen molar-refractivity contribution in [3.8, 4) is 0 Å². The maximum atomic E-state index is 13.3. The van der Waals surface area contributed by atoms with Crippen LogP contribution in [-0.4, -0.2) is 9.30 Å². The number of hydrogen-bond donors (Lipinski definition) is 1. The Labute approximate surface area is 122 Å². The Kier molecular flexibility index (Phi) is 4.37. The number of hydrogen-bond acceptors (Lipinski definition) is 2. The van der Waals surface area contributed by atoms with E-state index in [9.17, 15) is 8.94 Å². The molecule has 0 saturated heterocycles. The Morgan fingerprint density at radius 2 is 1.90 bits per heavy atom. The van der Waals surface area contributed by atoms with E-state index in [0.29, 0.717) is 0 Å². The summed E-state index contributed by atoms with van der Waals surface area (Å²) in [5.41, 5.74) is 1.03. The van der Waals surface area contributed by atoms with Crippen molar-refractivity contribution in [1.29, 1.82) is 0 Å². The average Bonchev–Trinajstić information content (AvgIpc) is 2.36. The molecule has 0 spiro atoms. The van der Waals surface area contributed by atoms with E-state index in [1.807, 2.05) is 45.9 Å². The Hall–Kier alpha value is -1.10. The molecule has 2 aromatic carbocycles. The van der Waals surface area contributed by atoms with E-state index in [-0.39, 0.29) is 16.6 Å². The summed E-state index contributed by atoms with van der Waals surface area (Å²) in [7, 11) is 0. The zero-order chi connectivity index (χ0) is 14.9. The van der Waals surface area contributed by atoms with E-state index in [1.165, 1.54) is 12.1 Å². The number of nitrogens with one attached hydrogen (secondary N) is 1. The first-order valence-electron chi connectivity index (χ1n) is 6.65. The van der Waals surface area contributed by atoms with Gasteiger partial charge in [0.2, 0.25) is 0 Å². The van der Waals surface area contributed by atoms with Gasteiger partial charge in [-0.15, -0.1) is 4.72 Å². The molecule has 0 aliphatic heterocycles. The molecule has 0 bridgehead atoms. The van der Waals surface area contributed by atoms with Crippen LogP contribution >= 0.6 is 0 Å². The largest absolute Gasteiger partial charge is 0.598 e. The third-order valence-corrected chi connectivity index (χ3v) is 4.86. The fourth-order valence-electron chi connectivity index (χ4n) is 2.06. The van der Waals surface area contributed by atoms with Crippen molar-refractivity contribution in [2.75, 3.05) is 0 Å². The van der Waals surface area contributed by atoms with Gasteiger partial charge in [0.25, 0.3) is 0 Å². The van der Waals surface area contributed by atoms with Gasteiger partial charge >= 0.3 is 0 Å². The van der Waals surface area contributed by atoms with E-state index < -0.39 is 11.4 Å². The van der Waals surface area contributed by atoms with Crippen LogP contribution in [0.3, 0.4) is 0 Å². The quantitative estimate of drug-likeness (QED) is 0.865. The molecular formula is C16H20FNOS. The second-order valence-electron chi connectivity index (χ2n) is 5.93. The van der Waals surface area contributed by atoms with Gasteiger partial charge in [-0.05, 0) is 56.2 Å². The van der Waals surface area contributed by atoms with E-state index in [2.05, 4.69) is 4.72 Å². The molecule has 0 unspecified atom stereocenters. The van der Waals surface area contributed by atoms with Crippen molar-refractivity contribution in [3.05, 3.63) is 47.8 Å². The van der Waals surface area contributed by atoms with Gasteiger partial charge in [-0.25, -0.2) is 4.39 Å². The first-order valence-corrected chi connectivity index (χ1v) is 7.80. The van der Waals surface area contributed by atoms with Crippen molar-refractivity contribution >= 4 is 22.1 Å². The highest BCUT2D eigenvalue weighted by molar-refractivity contribution is 7.90. The summed E-state index contributed by atoms with van der Waals surface area (Å²) in [5.74, 6) is -0.242. The van der Waals surface area contributed by atoms with Gasteiger partial charge in [0.05, 0.1) is 6.04 Å². The second-order valence-corrected chi connectivity index (χ2v) is 7.93. The van der Waals surface area contributed by atoms with Gasteiger partial charge in [0.1, 0.15) is 10.6 Å². The Morgan fingerprint density at radius 1 is 1.20 bits per heavy atom. The lowest BCUT2D eigenvalue weighted by atomic mass is 10.0. The topological polar surface area (TPSA) is 35.1 Å². The molecule has 0 heterocycles. The molecule has 1 N–H and O–H groups in total. The van der Waals surface area contributed by atoms with Crippen LogP contribution in [0.4, 0.5) is 4.39 Å². The lowest BCUT2D eigenvalue weighted by Gasteiger charge is -2.27. The molecule has 0 fully saturated rings. The fourth-order valence-corrected chi connectivity index (χ4v) is 2.86. The first kappa shape index (κ1) is 15.3. The smallest absolute Gasteiger partial charge is 0.136 e. The SMILES string of the molecule is C[C@@H](N[S@@+]([O-])C(C)(C)C)c1cccc2cc(F)ccc12. The van der Waals surface area contributed by atoms with Gasteiger partial charge in [-0.1, -0.05) is 24.3 Å². The van der Waals surface area contributed by atoms with Crippen LogP contribution < -0.4 is 4.72 Å². The minimum atomic E-state index is -1.14. The number of halogens is 1. The summed E-state index contributed by atoms with van der Waals surface area (Å²) >= 11 is -1.14. The summed E-state index contributed by atoms with van der Waals surface area (Å²) < 4.78 is 28.3. The van der Waals surface area contributed by atoms with Crippen LogP contribution in [0, 0.1) is 5.82 Å². The van der Waals surface area contributed by atoms with Gasteiger partial charge in [-0.2, -0.15) is 0 Å². The number of rotatable bonds is 3. The van der Waals surface area contributed by atoms with Crippen molar-refractivity contribution in [3.63, 3.8) is 0 Å². The van der Waals surface area contributed by atoms with E-state index in [0.717, 1.165) is 16.3 Å². The molecule has 0 aromatic heterocycles. The summed E-state index contributed by atoms with van der Waals surface area (Å²) in [6.45, 7) is 7.77. The molecular weight excluding hydrogens is 273 g/mol. The standard InChI is InChI=1S/C16H20FNOS/c1-11(18-20(19)16(2,3)4)14-7-5-6-12-10-13(17)8-9-15(12)14/h5-11,18H,1-4H3/t11-,20+/m1/s1. The van der Waals surface area contributed by atoms with E-state index in [1.54, 1.807) is 6.07 Å². The first-order chi connectivity index (χ1) is 9.29. The molecule has 108 valence electrons. The molecule has 0 aliphatic carbocycles. The summed E-state index contributed by atoms with van der Waals surface area (Å²) in [6, 6.07) is 10.5. The molecule has 2 aromatic rings. The minimum Gasteiger partial charge on any atom is -0.598 e. The molecule has 0 aliphatic rings. The molecule has 0 amide bonds. The Morgan fingerprint density at radius 3 is 2.55 bits per heavy atom. The average molecular weight is 293 g/mol. The van der Waals surface area contributed by atoms with Crippen molar-refractivity contribution < 1.29 is 8.94 Å². The van der Waals surface area contributed by atoms with Gasteiger partial charge in [-0.3, -0.25) is 0 Å².